The number of fused-ring (bicyclic) bond motifs is 2. The zero-order chi connectivity index (χ0) is 37.7. The number of aromatic nitrogens is 2. The third-order valence-electron chi connectivity index (χ3n) is 8.76. The zero-order valence-electron chi connectivity index (χ0n) is 27.5. The summed E-state index contributed by atoms with van der Waals surface area (Å²) in [5.41, 5.74) is -4.78. The van der Waals surface area contributed by atoms with Crippen LogP contribution in [-0.4, -0.2) is 50.9 Å². The van der Waals surface area contributed by atoms with Gasteiger partial charge in [-0.3, -0.25) is 15.0 Å². The number of hydrogen-bond acceptors (Lipinski definition) is 6. The molecule has 1 amide bonds. The molecule has 5 N–H and O–H groups in total. The molecule has 2 heterocycles. The Kier molecular flexibility index (Phi) is 9.25. The van der Waals surface area contributed by atoms with Crippen LogP contribution in [0.3, 0.4) is 0 Å². The molecular formula is C37H30F7N5O3. The minimum atomic E-state index is -5.20. The van der Waals surface area contributed by atoms with Crippen molar-refractivity contribution < 1.29 is 40.6 Å². The lowest BCUT2D eigenvalue weighted by Crippen LogP contribution is -2.41. The Labute approximate surface area is 291 Å². The van der Waals surface area contributed by atoms with E-state index < -0.39 is 82.2 Å². The Morgan fingerprint density at radius 1 is 1.08 bits per heavy atom. The van der Waals surface area contributed by atoms with Crippen molar-refractivity contribution in [1.82, 2.24) is 20.6 Å². The van der Waals surface area contributed by atoms with Gasteiger partial charge in [0, 0.05) is 34.7 Å². The molecule has 0 spiro atoms. The van der Waals surface area contributed by atoms with Crippen LogP contribution in [0.15, 0.2) is 76.9 Å². The molecule has 52 heavy (non-hydrogen) atoms. The molecule has 3 atom stereocenters. The predicted molar refractivity (Wildman–Crippen MR) is 177 cm³/mol. The number of hydrogen-bond donors (Lipinski definition) is 5. The topological polar surface area (TPSA) is 131 Å². The lowest BCUT2D eigenvalue weighted by atomic mass is 9.92. The minimum absolute atomic E-state index is 0.0527. The summed E-state index contributed by atoms with van der Waals surface area (Å²) in [6, 6.07) is 11.0. The molecule has 4 aromatic rings. The van der Waals surface area contributed by atoms with Gasteiger partial charge in [0.1, 0.15) is 28.6 Å². The lowest BCUT2D eigenvalue weighted by Gasteiger charge is -2.24. The van der Waals surface area contributed by atoms with Crippen LogP contribution in [0.4, 0.5) is 30.7 Å². The van der Waals surface area contributed by atoms with Gasteiger partial charge in [-0.05, 0) is 91.4 Å². The number of H-pyrrole nitrogens is 1. The van der Waals surface area contributed by atoms with Crippen molar-refractivity contribution in [3.05, 3.63) is 111 Å². The van der Waals surface area contributed by atoms with Crippen LogP contribution in [0, 0.1) is 40.7 Å². The summed E-state index contributed by atoms with van der Waals surface area (Å²) < 4.78 is 99.4. The van der Waals surface area contributed by atoms with E-state index in [1.807, 2.05) is 0 Å². The van der Waals surface area contributed by atoms with Gasteiger partial charge in [0.2, 0.25) is 5.91 Å². The van der Waals surface area contributed by atoms with Crippen molar-refractivity contribution in [1.29, 1.82) is 5.41 Å². The Bertz CT molecular complexity index is 2240. The number of carbonyl (C=O) groups excluding carboxylic acids is 1. The fourth-order valence-corrected chi connectivity index (χ4v) is 6.45. The zero-order valence-corrected chi connectivity index (χ0v) is 27.5. The molecule has 6 rings (SSSR count). The molecule has 2 aliphatic carbocycles. The molecule has 2 aromatic heterocycles. The van der Waals surface area contributed by atoms with Gasteiger partial charge >= 0.3 is 6.18 Å². The van der Waals surface area contributed by atoms with Crippen molar-refractivity contribution >= 4 is 22.4 Å². The van der Waals surface area contributed by atoms with E-state index in [9.17, 15) is 36.6 Å². The van der Waals surface area contributed by atoms with Crippen LogP contribution in [0.25, 0.3) is 21.9 Å². The lowest BCUT2D eigenvalue weighted by molar-refractivity contribution is -0.121. The summed E-state index contributed by atoms with van der Waals surface area (Å²) in [6.45, 7) is 1.92. The van der Waals surface area contributed by atoms with Gasteiger partial charge in [-0.25, -0.2) is 13.8 Å². The number of carbonyl (C=O) groups is 1. The molecule has 0 bridgehead atoms. The smallest absolute Gasteiger partial charge is 0.378 e. The molecular weight excluding hydrogens is 695 g/mol. The standard InChI is InChI=1S/C37H30F7N5O3/c1-35(2,52)10-8-21-6-7-24(22-4-3-5-25-23(22)9-11-46-34(25)51)31(48-21)28(14-18-12-19(38)15-20(39)13-18)49-29(50)17-47-33-30(32(45)37(42,43)44)26-16-27(26)36(33,40)41/h3-7,9,11-13,15,26-28,45,47,52H,14,16-17H2,1-2H3,(H,46,51)(H,49,50)/t26-,27+,28?/m0/s1. The quantitative estimate of drug-likeness (QED) is 0.0809. The third kappa shape index (κ3) is 7.43. The largest absolute Gasteiger partial charge is 0.433 e. The van der Waals surface area contributed by atoms with Gasteiger partial charge in [0.15, 0.2) is 0 Å². The van der Waals surface area contributed by atoms with E-state index in [4.69, 9.17) is 5.41 Å². The summed E-state index contributed by atoms with van der Waals surface area (Å²) in [7, 11) is 0. The van der Waals surface area contributed by atoms with E-state index in [1.165, 1.54) is 26.1 Å². The maximum Gasteiger partial charge on any atom is 0.433 e. The number of rotatable bonds is 9. The van der Waals surface area contributed by atoms with E-state index in [0.29, 0.717) is 28.0 Å². The van der Waals surface area contributed by atoms with Crippen LogP contribution >= 0.6 is 0 Å². The molecule has 2 aliphatic rings. The number of alkyl halides is 5. The second-order valence-corrected chi connectivity index (χ2v) is 13.2. The SMILES string of the molecule is CC(C)(O)C#Cc1ccc(-c2cccc3c(=O)[nH]ccc23)c(C(Cc2cc(F)cc(F)c2)NC(=O)CNC2=C(C(=N)C(F)(F)F)[C@H]3C[C@H]3C2(F)F)n1. The first-order valence-electron chi connectivity index (χ1n) is 16.0. The number of nitrogens with zero attached hydrogens (tertiary/aromatic N) is 1. The number of aromatic amines is 1. The molecule has 1 saturated carbocycles. The average Bonchev–Trinajstić information content (AvgIpc) is 3.82. The van der Waals surface area contributed by atoms with Gasteiger partial charge in [-0.1, -0.05) is 18.1 Å². The monoisotopic (exact) mass is 725 g/mol. The Balaban J connectivity index is 1.44. The number of pyridine rings is 2. The van der Waals surface area contributed by atoms with E-state index in [0.717, 1.165) is 12.1 Å². The average molecular weight is 726 g/mol. The third-order valence-corrected chi connectivity index (χ3v) is 8.76. The van der Waals surface area contributed by atoms with Crippen LogP contribution in [0.1, 0.15) is 43.3 Å². The number of nitrogens with one attached hydrogen (secondary N) is 4. The first-order valence-corrected chi connectivity index (χ1v) is 16.0. The maximum absolute atomic E-state index is 15.1. The van der Waals surface area contributed by atoms with Crippen molar-refractivity contribution in [3.63, 3.8) is 0 Å². The number of allylic oxidation sites excluding steroid dienone is 2. The molecule has 0 aliphatic heterocycles. The summed E-state index contributed by atoms with van der Waals surface area (Å²) in [6.07, 6.45) is -4.32. The Hall–Kier alpha value is -5.49. The summed E-state index contributed by atoms with van der Waals surface area (Å²) in [5.74, 6) is -3.86. The van der Waals surface area contributed by atoms with Gasteiger partial charge in [-0.15, -0.1) is 0 Å². The van der Waals surface area contributed by atoms with Crippen molar-refractivity contribution in [2.75, 3.05) is 6.54 Å². The summed E-state index contributed by atoms with van der Waals surface area (Å²) >= 11 is 0. The maximum atomic E-state index is 15.1. The number of halogens is 7. The van der Waals surface area contributed by atoms with E-state index >= 15 is 8.78 Å². The Morgan fingerprint density at radius 3 is 2.46 bits per heavy atom. The van der Waals surface area contributed by atoms with E-state index in [-0.39, 0.29) is 29.8 Å². The number of amides is 1. The fourth-order valence-electron chi connectivity index (χ4n) is 6.45. The molecule has 270 valence electrons. The van der Waals surface area contributed by atoms with Crippen molar-refractivity contribution in [2.45, 2.75) is 50.4 Å². The van der Waals surface area contributed by atoms with E-state index in [1.54, 1.807) is 30.3 Å². The van der Waals surface area contributed by atoms with E-state index in [2.05, 4.69) is 32.4 Å². The predicted octanol–water partition coefficient (Wildman–Crippen LogP) is 6.10. The number of benzene rings is 2. The van der Waals surface area contributed by atoms with Crippen LogP contribution < -0.4 is 16.2 Å². The molecule has 0 saturated heterocycles. The number of aliphatic hydroxyl groups is 1. The molecule has 8 nitrogen and oxygen atoms in total. The van der Waals surface area contributed by atoms with Crippen LogP contribution in [0.2, 0.25) is 0 Å². The van der Waals surface area contributed by atoms with Gasteiger partial charge < -0.3 is 20.7 Å². The van der Waals surface area contributed by atoms with Crippen LogP contribution in [-0.2, 0) is 11.2 Å². The summed E-state index contributed by atoms with van der Waals surface area (Å²) in [4.78, 5) is 33.4. The molecule has 15 heteroatoms. The highest BCUT2D eigenvalue weighted by molar-refractivity contribution is 6.04. The molecule has 0 radical (unpaired) electrons. The highest BCUT2D eigenvalue weighted by atomic mass is 19.4. The second kappa shape index (κ2) is 13.2. The van der Waals surface area contributed by atoms with Gasteiger partial charge in [-0.2, -0.15) is 22.0 Å². The van der Waals surface area contributed by atoms with Gasteiger partial charge in [0.05, 0.1) is 24.0 Å². The van der Waals surface area contributed by atoms with Gasteiger partial charge in [0.25, 0.3) is 11.5 Å². The minimum Gasteiger partial charge on any atom is -0.378 e. The first kappa shape index (κ1) is 36.3. The fraction of sp³-hybridized carbons (Fsp3) is 0.297. The van der Waals surface area contributed by atoms with Crippen LogP contribution in [0.5, 0.6) is 0 Å². The Morgan fingerprint density at radius 2 is 1.79 bits per heavy atom. The van der Waals surface area contributed by atoms with Crippen molar-refractivity contribution in [3.8, 4) is 23.0 Å². The van der Waals surface area contributed by atoms with Crippen molar-refractivity contribution in [2.24, 2.45) is 11.8 Å². The normalized spacial score (nSPS) is 18.3. The first-order chi connectivity index (χ1) is 24.3. The summed E-state index contributed by atoms with van der Waals surface area (Å²) in [5, 5.41) is 23.3. The molecule has 1 unspecified atom stereocenters. The highest BCUT2D eigenvalue weighted by Gasteiger charge is 2.67. The molecule has 2 aromatic carbocycles. The highest BCUT2D eigenvalue weighted by Crippen LogP contribution is 2.63. The molecule has 1 fully saturated rings. The second-order valence-electron chi connectivity index (χ2n) is 13.2.